The number of primary amides is 1. The molecule has 1 saturated carbocycles. The van der Waals surface area contributed by atoms with Crippen molar-refractivity contribution in [3.63, 3.8) is 0 Å². The number of nitro benzene ring substituents is 1. The Morgan fingerprint density at radius 1 is 0.943 bits per heavy atom. The number of imide groups is 1. The molecule has 1 aliphatic carbocycles. The molecule has 188 valence electrons. The number of hydrogen-bond acceptors (Lipinski definition) is 7. The summed E-state index contributed by atoms with van der Waals surface area (Å²) in [7, 11) is 0. The molecule has 0 aromatic heterocycles. The first-order chi connectivity index (χ1) is 16.8. The zero-order chi connectivity index (χ0) is 24.7. The lowest BCUT2D eigenvalue weighted by molar-refractivity contribution is -0.384. The summed E-state index contributed by atoms with van der Waals surface area (Å²) in [5.74, 6) is -1.43. The molecule has 3 heterocycles. The van der Waals surface area contributed by atoms with Crippen molar-refractivity contribution in [3.05, 3.63) is 28.3 Å². The molecule has 1 aromatic rings. The van der Waals surface area contributed by atoms with Crippen LogP contribution >= 0.6 is 0 Å². The van der Waals surface area contributed by atoms with E-state index in [2.05, 4.69) is 4.90 Å². The number of carbonyl (C=O) groups is 3. The zero-order valence-electron chi connectivity index (χ0n) is 20.0. The minimum absolute atomic E-state index is 0.137. The van der Waals surface area contributed by atoms with Gasteiger partial charge in [0.1, 0.15) is 11.2 Å². The van der Waals surface area contributed by atoms with E-state index in [1.807, 2.05) is 4.90 Å². The Bertz CT molecular complexity index is 1020. The summed E-state index contributed by atoms with van der Waals surface area (Å²) < 4.78 is 0. The average molecular weight is 484 g/mol. The third kappa shape index (κ3) is 3.97. The number of nitrogens with zero attached hydrogens (tertiary/aromatic N) is 4. The van der Waals surface area contributed by atoms with Gasteiger partial charge >= 0.3 is 0 Å². The van der Waals surface area contributed by atoms with Crippen molar-refractivity contribution in [2.24, 2.45) is 17.6 Å². The number of nitrogens with two attached hydrogens (primary N) is 1. The van der Waals surface area contributed by atoms with E-state index < -0.39 is 10.5 Å². The Labute approximate surface area is 204 Å². The topological polar surface area (TPSA) is 130 Å². The minimum Gasteiger partial charge on any atom is -0.368 e. The molecule has 4 fully saturated rings. The fourth-order valence-corrected chi connectivity index (χ4v) is 6.64. The van der Waals surface area contributed by atoms with Crippen molar-refractivity contribution < 1.29 is 19.3 Å². The van der Waals surface area contributed by atoms with Crippen LogP contribution in [0, 0.1) is 22.0 Å². The molecule has 1 aromatic carbocycles. The van der Waals surface area contributed by atoms with Gasteiger partial charge in [-0.3, -0.25) is 29.4 Å². The van der Waals surface area contributed by atoms with E-state index in [9.17, 15) is 24.5 Å². The second kappa shape index (κ2) is 9.22. The van der Waals surface area contributed by atoms with Gasteiger partial charge in [0.25, 0.3) is 5.69 Å². The van der Waals surface area contributed by atoms with Crippen molar-refractivity contribution >= 4 is 34.8 Å². The van der Waals surface area contributed by atoms with Crippen molar-refractivity contribution in [3.8, 4) is 0 Å². The largest absolute Gasteiger partial charge is 0.368 e. The molecular weight excluding hydrogens is 450 g/mol. The highest BCUT2D eigenvalue weighted by atomic mass is 16.6. The Hall–Kier alpha value is -3.01. The van der Waals surface area contributed by atoms with Crippen molar-refractivity contribution in [2.75, 3.05) is 36.0 Å². The Morgan fingerprint density at radius 2 is 1.54 bits per heavy atom. The van der Waals surface area contributed by atoms with Gasteiger partial charge in [0.15, 0.2) is 0 Å². The van der Waals surface area contributed by atoms with Crippen LogP contribution in [0.4, 0.5) is 17.1 Å². The molecule has 10 heteroatoms. The summed E-state index contributed by atoms with van der Waals surface area (Å²) >= 11 is 0. The number of piperidine rings is 2. The van der Waals surface area contributed by atoms with Gasteiger partial charge in [-0.25, -0.2) is 4.90 Å². The van der Waals surface area contributed by atoms with Gasteiger partial charge in [0.2, 0.25) is 17.7 Å². The molecule has 10 nitrogen and oxygen atoms in total. The number of nitro groups is 1. The molecule has 2 atom stereocenters. The summed E-state index contributed by atoms with van der Waals surface area (Å²) in [6.45, 7) is 2.62. The van der Waals surface area contributed by atoms with Crippen molar-refractivity contribution in [1.29, 1.82) is 0 Å². The van der Waals surface area contributed by atoms with Crippen LogP contribution in [0.1, 0.15) is 57.8 Å². The Balaban J connectivity index is 1.39. The van der Waals surface area contributed by atoms with Crippen LogP contribution < -0.4 is 15.5 Å². The van der Waals surface area contributed by atoms with Crippen molar-refractivity contribution in [1.82, 2.24) is 4.90 Å². The maximum atomic E-state index is 13.0. The molecule has 5 rings (SSSR count). The number of likely N-dealkylation sites (tertiary alicyclic amines) is 1. The quantitative estimate of drug-likeness (QED) is 0.387. The van der Waals surface area contributed by atoms with Gasteiger partial charge < -0.3 is 10.6 Å². The number of benzene rings is 1. The maximum Gasteiger partial charge on any atom is 0.294 e. The van der Waals surface area contributed by atoms with Gasteiger partial charge in [0.05, 0.1) is 22.4 Å². The predicted octanol–water partition coefficient (Wildman–Crippen LogP) is 2.58. The Kier molecular flexibility index (Phi) is 6.25. The normalized spacial score (nSPS) is 27.1. The molecule has 0 spiro atoms. The molecule has 3 aliphatic heterocycles. The molecule has 0 radical (unpaired) electrons. The predicted molar refractivity (Wildman–Crippen MR) is 130 cm³/mol. The highest BCUT2D eigenvalue weighted by Gasteiger charge is 2.49. The van der Waals surface area contributed by atoms with Gasteiger partial charge in [-0.05, 0) is 63.7 Å². The van der Waals surface area contributed by atoms with E-state index in [1.165, 1.54) is 6.07 Å². The summed E-state index contributed by atoms with van der Waals surface area (Å²) in [5.41, 5.74) is 5.74. The molecule has 0 bridgehead atoms. The molecule has 35 heavy (non-hydrogen) atoms. The van der Waals surface area contributed by atoms with Crippen molar-refractivity contribution in [2.45, 2.75) is 63.3 Å². The smallest absolute Gasteiger partial charge is 0.294 e. The highest BCUT2D eigenvalue weighted by Crippen LogP contribution is 2.43. The third-order valence-electron chi connectivity index (χ3n) is 8.61. The minimum atomic E-state index is -0.712. The standard InChI is InChI=1S/C25H33N5O5/c26-24(33)25(28-12-4-1-5-13-28)10-14-27(15-11-25)20-9-8-17(16-21(20)30(34)35)29-22(31)18-6-2-3-7-19(18)23(29)32/h8-9,16,18-19H,1-7,10-15H2,(H2,26,33)/t18-,19-/m0/s1. The molecule has 4 aliphatic rings. The van der Waals surface area contributed by atoms with E-state index in [-0.39, 0.29) is 40.9 Å². The number of fused-ring (bicyclic) bond motifs is 1. The first-order valence-electron chi connectivity index (χ1n) is 12.8. The van der Waals surface area contributed by atoms with Gasteiger partial charge in [-0.15, -0.1) is 0 Å². The fourth-order valence-electron chi connectivity index (χ4n) is 6.64. The SMILES string of the molecule is NC(=O)C1(N2CCCCC2)CCN(c2ccc(N3C(=O)[C@H]4CCCC[C@@H]4C3=O)cc2[N+](=O)[O-])CC1. The summed E-state index contributed by atoms with van der Waals surface area (Å²) in [5, 5.41) is 12.0. The summed E-state index contributed by atoms with van der Waals surface area (Å²) in [4.78, 5) is 55.4. The van der Waals surface area contributed by atoms with Crippen LogP contribution in [0.3, 0.4) is 0 Å². The fraction of sp³-hybridized carbons (Fsp3) is 0.640. The lowest BCUT2D eigenvalue weighted by Crippen LogP contribution is -2.63. The molecule has 2 N–H and O–H groups in total. The molecular formula is C25H33N5O5. The lowest BCUT2D eigenvalue weighted by Gasteiger charge is -2.48. The van der Waals surface area contributed by atoms with Crippen LogP contribution in [-0.2, 0) is 14.4 Å². The van der Waals surface area contributed by atoms with Gasteiger partial charge in [0, 0.05) is 19.2 Å². The molecule has 0 unspecified atom stereocenters. The number of anilines is 2. The van der Waals surface area contributed by atoms with Gasteiger partial charge in [-0.2, -0.15) is 0 Å². The number of carbonyl (C=O) groups excluding carboxylic acids is 3. The molecule has 3 amide bonds. The second-order valence-corrected chi connectivity index (χ2v) is 10.4. The zero-order valence-corrected chi connectivity index (χ0v) is 20.0. The van der Waals surface area contributed by atoms with E-state index in [4.69, 9.17) is 5.73 Å². The van der Waals surface area contributed by atoms with Crippen LogP contribution in [0.5, 0.6) is 0 Å². The number of rotatable bonds is 5. The first kappa shape index (κ1) is 23.7. The van der Waals surface area contributed by atoms with E-state index in [1.54, 1.807) is 12.1 Å². The number of amides is 3. The maximum absolute atomic E-state index is 13.0. The van der Waals surface area contributed by atoms with Crippen LogP contribution in [0.2, 0.25) is 0 Å². The lowest BCUT2D eigenvalue weighted by atomic mass is 9.81. The van der Waals surface area contributed by atoms with Crippen LogP contribution in [0.25, 0.3) is 0 Å². The number of hydrogen-bond donors (Lipinski definition) is 1. The third-order valence-corrected chi connectivity index (χ3v) is 8.61. The summed E-state index contributed by atoms with van der Waals surface area (Å²) in [6, 6.07) is 4.62. The monoisotopic (exact) mass is 483 g/mol. The van der Waals surface area contributed by atoms with E-state index in [0.29, 0.717) is 44.5 Å². The van der Waals surface area contributed by atoms with E-state index in [0.717, 1.165) is 50.1 Å². The second-order valence-electron chi connectivity index (χ2n) is 10.4. The molecule has 3 saturated heterocycles. The first-order valence-corrected chi connectivity index (χ1v) is 12.8. The summed E-state index contributed by atoms with van der Waals surface area (Å²) in [6.07, 6.45) is 7.48. The van der Waals surface area contributed by atoms with E-state index >= 15 is 0 Å². The van der Waals surface area contributed by atoms with Crippen LogP contribution in [-0.4, -0.2) is 59.3 Å². The average Bonchev–Trinajstić information content (AvgIpc) is 3.14. The van der Waals surface area contributed by atoms with Gasteiger partial charge in [-0.1, -0.05) is 19.3 Å². The van der Waals surface area contributed by atoms with Crippen LogP contribution in [0.15, 0.2) is 18.2 Å². The highest BCUT2D eigenvalue weighted by molar-refractivity contribution is 6.22. The Morgan fingerprint density at radius 3 is 2.09 bits per heavy atom.